The molecule has 0 saturated heterocycles. The maximum Gasteiger partial charge on any atom is 0.241 e. The third-order valence-corrected chi connectivity index (χ3v) is 8.61. The van der Waals surface area contributed by atoms with Gasteiger partial charge in [-0.3, -0.25) is 4.79 Å². The summed E-state index contributed by atoms with van der Waals surface area (Å²) in [7, 11) is -3.73. The number of nitrogens with one attached hydrogen (secondary N) is 1. The van der Waals surface area contributed by atoms with Gasteiger partial charge in [0.05, 0.1) is 17.0 Å². The quantitative estimate of drug-likeness (QED) is 0.358. The molecule has 0 radical (unpaired) electrons. The molecule has 2 aliphatic rings. The highest BCUT2D eigenvalue weighted by Gasteiger charge is 2.43. The first kappa shape index (κ1) is 30.3. The minimum Gasteiger partial charge on any atom is -0.454 e. The van der Waals surface area contributed by atoms with Crippen molar-refractivity contribution < 1.29 is 29.2 Å². The summed E-state index contributed by atoms with van der Waals surface area (Å²) < 4.78 is 37.7. The number of hydrogen-bond acceptors (Lipinski definition) is 6. The lowest BCUT2D eigenvalue weighted by atomic mass is 9.93. The van der Waals surface area contributed by atoms with Crippen LogP contribution in [0.15, 0.2) is 71.6 Å². The number of sulfonamides is 1. The lowest BCUT2D eigenvalue weighted by Crippen LogP contribution is -2.46. The number of para-hydroxylation sites is 2. The zero-order chi connectivity index (χ0) is 27.6. The lowest BCUT2D eigenvalue weighted by molar-refractivity contribution is -0.122. The second kappa shape index (κ2) is 11.9. The molecular weight excluding hydrogens is 514 g/mol. The summed E-state index contributed by atoms with van der Waals surface area (Å²) in [5.41, 5.74) is 2.85. The van der Waals surface area contributed by atoms with Crippen LogP contribution >= 0.6 is 0 Å². The highest BCUT2D eigenvalue weighted by atomic mass is 32.2. The van der Waals surface area contributed by atoms with Crippen molar-refractivity contribution in [1.82, 2.24) is 4.72 Å². The topological polar surface area (TPSA) is 102 Å². The Morgan fingerprint density at radius 3 is 2.15 bits per heavy atom. The summed E-state index contributed by atoms with van der Waals surface area (Å²) in [6, 6.07) is 20.3. The number of aliphatic hydroxyl groups is 1. The van der Waals surface area contributed by atoms with Gasteiger partial charge in [-0.05, 0) is 80.1 Å². The number of carbonyl (C=O) groups is 1. The molecule has 1 heterocycles. The molecule has 2 N–H and O–H groups in total. The molecule has 1 aliphatic carbocycles. The summed E-state index contributed by atoms with van der Waals surface area (Å²) in [5, 5.41) is 9.32. The predicted molar refractivity (Wildman–Crippen MR) is 156 cm³/mol. The number of ether oxygens (including phenoxy) is 2. The Hall–Kier alpha value is -3.20. The van der Waals surface area contributed by atoms with Crippen molar-refractivity contribution in [3.63, 3.8) is 0 Å². The normalized spacial score (nSPS) is 15.0. The Kier molecular flexibility index (Phi) is 9.26. The number of ketones is 1. The monoisotopic (exact) mass is 555 g/mol. The van der Waals surface area contributed by atoms with E-state index in [0.717, 1.165) is 46.6 Å². The molecule has 3 aromatic carbocycles. The Bertz CT molecular complexity index is 1390. The molecule has 0 bridgehead atoms. The van der Waals surface area contributed by atoms with E-state index in [9.17, 15) is 18.3 Å². The van der Waals surface area contributed by atoms with Gasteiger partial charge >= 0.3 is 0 Å². The summed E-state index contributed by atoms with van der Waals surface area (Å²) >= 11 is 0. The molecule has 3 aromatic rings. The number of carbonyl (C=O) groups excluding carboxylic acids is 1. The molecule has 212 valence electrons. The van der Waals surface area contributed by atoms with Crippen LogP contribution in [-0.2, 0) is 21.2 Å². The van der Waals surface area contributed by atoms with Crippen molar-refractivity contribution in [1.29, 1.82) is 0 Å². The highest BCUT2D eigenvalue weighted by Crippen LogP contribution is 2.46. The smallest absolute Gasteiger partial charge is 0.241 e. The Morgan fingerprint density at radius 1 is 1.03 bits per heavy atom. The van der Waals surface area contributed by atoms with Gasteiger partial charge in [0.1, 0.15) is 5.78 Å². The molecule has 5 rings (SSSR count). The van der Waals surface area contributed by atoms with Gasteiger partial charge in [-0.15, -0.1) is 0 Å². The molecular formula is C31H41NO6S. The molecule has 1 fully saturated rings. The van der Waals surface area contributed by atoms with Crippen LogP contribution in [0, 0.1) is 12.3 Å². The number of Topliss-reactive ketones (excluding diaryl/α,β-unsaturated/α-hetero) is 1. The van der Waals surface area contributed by atoms with E-state index in [1.165, 1.54) is 0 Å². The lowest BCUT2D eigenvalue weighted by Gasteiger charge is -2.23. The van der Waals surface area contributed by atoms with Crippen LogP contribution in [0.25, 0.3) is 11.1 Å². The number of rotatable bonds is 8. The molecule has 1 aliphatic heterocycles. The van der Waals surface area contributed by atoms with Crippen molar-refractivity contribution in [3.8, 4) is 22.6 Å². The highest BCUT2D eigenvalue weighted by molar-refractivity contribution is 7.89. The zero-order valence-electron chi connectivity index (χ0n) is 22.3. The van der Waals surface area contributed by atoms with Gasteiger partial charge in [0, 0.05) is 13.3 Å². The number of benzene rings is 3. The molecule has 39 heavy (non-hydrogen) atoms. The molecule has 0 aromatic heterocycles. The van der Waals surface area contributed by atoms with Gasteiger partial charge < -0.3 is 14.6 Å². The van der Waals surface area contributed by atoms with Crippen molar-refractivity contribution in [2.24, 2.45) is 5.41 Å². The molecule has 7 nitrogen and oxygen atoms in total. The number of aryl methyl sites for hydroxylation is 1. The van der Waals surface area contributed by atoms with Crippen molar-refractivity contribution in [2.75, 3.05) is 13.4 Å². The zero-order valence-corrected chi connectivity index (χ0v) is 23.1. The summed E-state index contributed by atoms with van der Waals surface area (Å²) in [5.74, 6) is 1.97. The second-order valence-electron chi connectivity index (χ2n) is 10.8. The van der Waals surface area contributed by atoms with E-state index in [1.54, 1.807) is 38.1 Å². The number of fused-ring (bicyclic) bond motifs is 1. The van der Waals surface area contributed by atoms with E-state index >= 15 is 0 Å². The van der Waals surface area contributed by atoms with Crippen LogP contribution in [0.1, 0.15) is 53.6 Å². The predicted octanol–water partition coefficient (Wildman–Crippen LogP) is 5.92. The van der Waals surface area contributed by atoms with Gasteiger partial charge in [0.2, 0.25) is 16.8 Å². The molecule has 0 spiro atoms. The average molecular weight is 556 g/mol. The van der Waals surface area contributed by atoms with Crippen LogP contribution in [0.3, 0.4) is 0 Å². The second-order valence-corrected chi connectivity index (χ2v) is 12.5. The molecule has 8 heteroatoms. The molecule has 0 amide bonds. The van der Waals surface area contributed by atoms with Crippen LogP contribution in [-0.4, -0.2) is 38.2 Å². The van der Waals surface area contributed by atoms with E-state index in [2.05, 4.69) is 4.72 Å². The van der Waals surface area contributed by atoms with E-state index in [-0.39, 0.29) is 31.6 Å². The van der Waals surface area contributed by atoms with Crippen LogP contribution < -0.4 is 14.2 Å². The molecule has 0 unspecified atom stereocenters. The Labute approximate surface area is 233 Å². The SMILES string of the molecule is C.Cc1ccc(CC(=O)C2(C)CC2)cc1-c1ccc(S(=O)(=O)NC(C)(C)CO)cc1.[HH].c1ccc2c(c1)OCO2. The van der Waals surface area contributed by atoms with E-state index in [1.807, 2.05) is 56.3 Å². The minimum absolute atomic E-state index is 0. The average Bonchev–Trinajstić information content (AvgIpc) is 3.46. The summed E-state index contributed by atoms with van der Waals surface area (Å²) in [6.07, 6.45) is 2.37. The van der Waals surface area contributed by atoms with Crippen LogP contribution in [0.2, 0.25) is 0 Å². The van der Waals surface area contributed by atoms with E-state index in [4.69, 9.17) is 9.47 Å². The van der Waals surface area contributed by atoms with E-state index < -0.39 is 15.6 Å². The number of aliphatic hydroxyl groups excluding tert-OH is 1. The minimum atomic E-state index is -3.73. The fraction of sp³-hybridized carbons (Fsp3) is 0.387. The molecule has 1 saturated carbocycles. The maximum atomic E-state index is 12.5. The van der Waals surface area contributed by atoms with Gasteiger partial charge in [-0.1, -0.05) is 56.8 Å². The van der Waals surface area contributed by atoms with Crippen molar-refractivity contribution in [2.45, 2.75) is 64.8 Å². The maximum absolute atomic E-state index is 12.5. The fourth-order valence-electron chi connectivity index (χ4n) is 4.07. The first-order valence-corrected chi connectivity index (χ1v) is 14.1. The van der Waals surface area contributed by atoms with Crippen LogP contribution in [0.4, 0.5) is 0 Å². The molecule has 0 atom stereocenters. The third kappa shape index (κ3) is 7.47. The third-order valence-electron chi connectivity index (χ3n) is 6.90. The van der Waals surface area contributed by atoms with Crippen LogP contribution in [0.5, 0.6) is 11.5 Å². The first-order chi connectivity index (χ1) is 17.9. The largest absolute Gasteiger partial charge is 0.454 e. The first-order valence-electron chi connectivity index (χ1n) is 12.7. The van der Waals surface area contributed by atoms with E-state index in [0.29, 0.717) is 13.2 Å². The Balaban J connectivity index is 0.000000429. The van der Waals surface area contributed by atoms with Gasteiger partial charge in [0.15, 0.2) is 11.5 Å². The van der Waals surface area contributed by atoms with Crippen molar-refractivity contribution >= 4 is 15.8 Å². The summed E-state index contributed by atoms with van der Waals surface area (Å²) in [6.45, 7) is 7.33. The van der Waals surface area contributed by atoms with Crippen molar-refractivity contribution in [3.05, 3.63) is 77.9 Å². The van der Waals surface area contributed by atoms with Gasteiger partial charge in [0.25, 0.3) is 0 Å². The number of hydrogen-bond donors (Lipinski definition) is 2. The Morgan fingerprint density at radius 2 is 1.62 bits per heavy atom. The van der Waals surface area contributed by atoms with Gasteiger partial charge in [-0.25, -0.2) is 13.1 Å². The standard InChI is InChI=1S/C23H29NO4S.C7H6O2.CH4.H2/c1-16-5-6-17(14-21(26)23(4)11-12-23)13-20(16)18-7-9-19(10-8-18)29(27,28)24-22(2,3)15-25;1-2-4-7-6(3-1)8-5-9-7;;/h5-10,13,24-25H,11-12,14-15H2,1-4H3;1-4H,5H2;1H4;1H. The van der Waals surface area contributed by atoms with Gasteiger partial charge in [-0.2, -0.15) is 0 Å². The summed E-state index contributed by atoms with van der Waals surface area (Å²) in [4.78, 5) is 12.6. The fourth-order valence-corrected chi connectivity index (χ4v) is 5.47.